The molecular formula is C19H21FN4O. The second-order valence-electron chi connectivity index (χ2n) is 6.75. The van der Waals surface area contributed by atoms with Gasteiger partial charge in [-0.15, -0.1) is 5.10 Å². The van der Waals surface area contributed by atoms with Crippen LogP contribution in [0.2, 0.25) is 0 Å². The van der Waals surface area contributed by atoms with Gasteiger partial charge in [0.15, 0.2) is 5.82 Å². The third-order valence-corrected chi connectivity index (χ3v) is 5.10. The molecule has 1 aromatic heterocycles. The van der Waals surface area contributed by atoms with E-state index in [0.717, 1.165) is 43.9 Å². The van der Waals surface area contributed by atoms with E-state index in [0.29, 0.717) is 6.54 Å². The Morgan fingerprint density at radius 2 is 1.92 bits per heavy atom. The first-order valence-corrected chi connectivity index (χ1v) is 8.79. The number of aromatic nitrogens is 2. The van der Waals surface area contributed by atoms with Gasteiger partial charge in [0.1, 0.15) is 5.82 Å². The van der Waals surface area contributed by atoms with Crippen molar-refractivity contribution in [3.63, 3.8) is 0 Å². The number of carbonyl (C=O) groups is 1. The number of nitrogens with zero attached hydrogens (tertiary/aromatic N) is 4. The van der Waals surface area contributed by atoms with Crippen LogP contribution in [0.25, 0.3) is 0 Å². The van der Waals surface area contributed by atoms with Gasteiger partial charge in [0.2, 0.25) is 5.91 Å². The van der Waals surface area contributed by atoms with Crippen LogP contribution in [0.3, 0.4) is 0 Å². The monoisotopic (exact) mass is 340 g/mol. The molecule has 1 amide bonds. The zero-order valence-electron chi connectivity index (χ0n) is 14.0. The highest BCUT2D eigenvalue weighted by atomic mass is 19.1. The largest absolute Gasteiger partial charge is 0.353 e. The molecule has 6 heteroatoms. The molecule has 1 aliphatic carbocycles. The van der Waals surface area contributed by atoms with Crippen molar-refractivity contribution in [1.29, 1.82) is 0 Å². The molecule has 0 spiro atoms. The van der Waals surface area contributed by atoms with Crippen LogP contribution >= 0.6 is 0 Å². The van der Waals surface area contributed by atoms with E-state index in [2.05, 4.69) is 15.1 Å². The molecule has 1 aliphatic heterocycles. The van der Waals surface area contributed by atoms with Gasteiger partial charge in [-0.3, -0.25) is 4.79 Å². The molecule has 2 aromatic rings. The Kier molecular flexibility index (Phi) is 4.34. The van der Waals surface area contributed by atoms with Gasteiger partial charge < -0.3 is 9.80 Å². The molecule has 1 saturated heterocycles. The lowest BCUT2D eigenvalue weighted by atomic mass is 10.1. The van der Waals surface area contributed by atoms with Crippen LogP contribution in [0, 0.1) is 11.7 Å². The maximum Gasteiger partial charge on any atom is 0.226 e. The first-order chi connectivity index (χ1) is 12.2. The molecule has 1 saturated carbocycles. The molecule has 130 valence electrons. The quantitative estimate of drug-likeness (QED) is 0.861. The van der Waals surface area contributed by atoms with E-state index in [1.54, 1.807) is 18.3 Å². The Labute approximate surface area is 146 Å². The summed E-state index contributed by atoms with van der Waals surface area (Å²) in [6.07, 6.45) is 3.46. The maximum absolute atomic E-state index is 13.0. The van der Waals surface area contributed by atoms with Crippen LogP contribution in [0.1, 0.15) is 24.3 Å². The number of hydrogen-bond acceptors (Lipinski definition) is 4. The van der Waals surface area contributed by atoms with Crippen LogP contribution in [0.4, 0.5) is 10.2 Å². The smallest absolute Gasteiger partial charge is 0.226 e. The predicted molar refractivity (Wildman–Crippen MR) is 92.7 cm³/mol. The van der Waals surface area contributed by atoms with E-state index in [4.69, 9.17) is 0 Å². The van der Waals surface area contributed by atoms with Crippen LogP contribution in [-0.4, -0.2) is 47.2 Å². The molecular weight excluding hydrogens is 319 g/mol. The standard InChI is InChI=1S/C19H21FN4O/c20-15-6-4-14(5-7-15)16-13-17(16)19(25)24-10-2-9-23(11-12-24)18-3-1-8-21-22-18/h1,3-8,16-17H,2,9-13H2. The lowest BCUT2D eigenvalue weighted by Crippen LogP contribution is -2.36. The topological polar surface area (TPSA) is 49.3 Å². The van der Waals surface area contributed by atoms with Crippen molar-refractivity contribution in [3.8, 4) is 0 Å². The molecule has 4 rings (SSSR count). The van der Waals surface area contributed by atoms with Crippen molar-refractivity contribution < 1.29 is 9.18 Å². The van der Waals surface area contributed by atoms with E-state index >= 15 is 0 Å². The number of anilines is 1. The minimum atomic E-state index is -0.233. The summed E-state index contributed by atoms with van der Waals surface area (Å²) in [5.41, 5.74) is 1.07. The molecule has 2 unspecified atom stereocenters. The number of amides is 1. The van der Waals surface area contributed by atoms with Gasteiger partial charge in [0, 0.05) is 38.3 Å². The fourth-order valence-corrected chi connectivity index (χ4v) is 3.61. The number of rotatable bonds is 3. The summed E-state index contributed by atoms with van der Waals surface area (Å²) in [6, 6.07) is 10.4. The Morgan fingerprint density at radius 3 is 2.68 bits per heavy atom. The number of hydrogen-bond donors (Lipinski definition) is 0. The van der Waals surface area contributed by atoms with Crippen molar-refractivity contribution in [2.24, 2.45) is 5.92 Å². The summed E-state index contributed by atoms with van der Waals surface area (Å²) < 4.78 is 13.0. The fraction of sp³-hybridized carbons (Fsp3) is 0.421. The zero-order chi connectivity index (χ0) is 17.2. The highest BCUT2D eigenvalue weighted by Gasteiger charge is 2.45. The van der Waals surface area contributed by atoms with E-state index in [9.17, 15) is 9.18 Å². The van der Waals surface area contributed by atoms with Crippen molar-refractivity contribution in [3.05, 3.63) is 54.0 Å². The SMILES string of the molecule is O=C(C1CC1c1ccc(F)cc1)N1CCCN(c2cccnn2)CC1. The Balaban J connectivity index is 1.36. The van der Waals surface area contributed by atoms with Gasteiger partial charge in [0.05, 0.1) is 0 Å². The fourth-order valence-electron chi connectivity index (χ4n) is 3.61. The van der Waals surface area contributed by atoms with Crippen molar-refractivity contribution in [2.45, 2.75) is 18.8 Å². The summed E-state index contributed by atoms with van der Waals surface area (Å²) in [7, 11) is 0. The van der Waals surface area contributed by atoms with E-state index in [-0.39, 0.29) is 23.6 Å². The molecule has 2 aliphatic rings. The minimum absolute atomic E-state index is 0.0496. The minimum Gasteiger partial charge on any atom is -0.353 e. The van der Waals surface area contributed by atoms with Crippen molar-refractivity contribution in [2.75, 3.05) is 31.1 Å². The third-order valence-electron chi connectivity index (χ3n) is 5.10. The molecule has 0 radical (unpaired) electrons. The molecule has 2 fully saturated rings. The van der Waals surface area contributed by atoms with Crippen LogP contribution < -0.4 is 4.90 Å². The summed E-state index contributed by atoms with van der Waals surface area (Å²) in [5, 5.41) is 8.10. The highest BCUT2D eigenvalue weighted by molar-refractivity contribution is 5.83. The lowest BCUT2D eigenvalue weighted by Gasteiger charge is -2.22. The Morgan fingerprint density at radius 1 is 1.08 bits per heavy atom. The lowest BCUT2D eigenvalue weighted by molar-refractivity contribution is -0.132. The maximum atomic E-state index is 13.0. The molecule has 5 nitrogen and oxygen atoms in total. The number of carbonyl (C=O) groups excluding carboxylic acids is 1. The average Bonchev–Trinajstić information content (AvgIpc) is 3.46. The van der Waals surface area contributed by atoms with Gasteiger partial charge in [-0.2, -0.15) is 5.10 Å². The molecule has 0 bridgehead atoms. The van der Waals surface area contributed by atoms with Crippen molar-refractivity contribution >= 4 is 11.7 Å². The Hall–Kier alpha value is -2.50. The summed E-state index contributed by atoms with van der Waals surface area (Å²) >= 11 is 0. The third kappa shape index (κ3) is 3.48. The molecule has 25 heavy (non-hydrogen) atoms. The zero-order valence-corrected chi connectivity index (χ0v) is 14.0. The molecule has 2 heterocycles. The van der Waals surface area contributed by atoms with Crippen LogP contribution in [0.15, 0.2) is 42.6 Å². The second kappa shape index (κ2) is 6.78. The van der Waals surface area contributed by atoms with Crippen LogP contribution in [0.5, 0.6) is 0 Å². The van der Waals surface area contributed by atoms with Gasteiger partial charge >= 0.3 is 0 Å². The molecule has 0 N–H and O–H groups in total. The summed E-state index contributed by atoms with van der Waals surface area (Å²) in [5.74, 6) is 1.16. The predicted octanol–water partition coefficient (Wildman–Crippen LogP) is 2.46. The Bertz CT molecular complexity index is 737. The second-order valence-corrected chi connectivity index (χ2v) is 6.75. The highest BCUT2D eigenvalue weighted by Crippen LogP contribution is 2.48. The average molecular weight is 340 g/mol. The first kappa shape index (κ1) is 16.0. The molecule has 2 atom stereocenters. The van der Waals surface area contributed by atoms with Gasteiger partial charge in [0.25, 0.3) is 0 Å². The van der Waals surface area contributed by atoms with Gasteiger partial charge in [-0.1, -0.05) is 12.1 Å². The van der Waals surface area contributed by atoms with Gasteiger partial charge in [-0.25, -0.2) is 4.39 Å². The number of halogens is 1. The van der Waals surface area contributed by atoms with E-state index < -0.39 is 0 Å². The first-order valence-electron chi connectivity index (χ1n) is 8.79. The van der Waals surface area contributed by atoms with Crippen LogP contribution in [-0.2, 0) is 4.79 Å². The number of benzene rings is 1. The van der Waals surface area contributed by atoms with E-state index in [1.165, 1.54) is 12.1 Å². The molecule has 1 aromatic carbocycles. The summed E-state index contributed by atoms with van der Waals surface area (Å²) in [4.78, 5) is 17.0. The van der Waals surface area contributed by atoms with E-state index in [1.807, 2.05) is 17.0 Å². The van der Waals surface area contributed by atoms with Gasteiger partial charge in [-0.05, 0) is 48.6 Å². The van der Waals surface area contributed by atoms with Crippen molar-refractivity contribution in [1.82, 2.24) is 15.1 Å². The normalized spacial score (nSPS) is 23.2. The summed E-state index contributed by atoms with van der Waals surface area (Å²) in [6.45, 7) is 3.15.